The molecular formula is C7H13NaO. The minimum atomic E-state index is 0. The third-order valence-corrected chi connectivity index (χ3v) is 1.84. The summed E-state index contributed by atoms with van der Waals surface area (Å²) >= 11 is 0. The zero-order valence-electron chi connectivity index (χ0n) is 5.10. The maximum absolute atomic E-state index is 10.2. The zero-order chi connectivity index (χ0) is 5.82. The standard InChI is InChI=1S/C7H12O.Na.H/c8-6-7-4-2-1-3-5-7;;/h6-7H,1-5H2;;. The second kappa shape index (κ2) is 5.45. The van der Waals surface area contributed by atoms with Gasteiger partial charge in [-0.15, -0.1) is 0 Å². The molecule has 1 rings (SSSR count). The predicted octanol–water partition coefficient (Wildman–Crippen LogP) is 1.12. The Hall–Kier alpha value is 0.670. The predicted molar refractivity (Wildman–Crippen MR) is 39.8 cm³/mol. The van der Waals surface area contributed by atoms with Crippen LogP contribution in [0.1, 0.15) is 32.1 Å². The van der Waals surface area contributed by atoms with E-state index in [4.69, 9.17) is 0 Å². The Morgan fingerprint density at radius 2 is 1.67 bits per heavy atom. The topological polar surface area (TPSA) is 17.1 Å². The summed E-state index contributed by atoms with van der Waals surface area (Å²) in [7, 11) is 0. The van der Waals surface area contributed by atoms with Crippen LogP contribution in [0.5, 0.6) is 0 Å². The Kier molecular flexibility index (Phi) is 5.86. The van der Waals surface area contributed by atoms with Gasteiger partial charge in [0.1, 0.15) is 6.29 Å². The van der Waals surface area contributed by atoms with Crippen LogP contribution in [0.4, 0.5) is 0 Å². The summed E-state index contributed by atoms with van der Waals surface area (Å²) in [6.07, 6.45) is 7.27. The molecule has 0 aliphatic heterocycles. The van der Waals surface area contributed by atoms with Gasteiger partial charge in [0.05, 0.1) is 0 Å². The molecule has 0 aromatic heterocycles. The molecule has 0 spiro atoms. The molecule has 0 amide bonds. The van der Waals surface area contributed by atoms with Crippen molar-refractivity contribution in [2.45, 2.75) is 32.1 Å². The third-order valence-electron chi connectivity index (χ3n) is 1.84. The van der Waals surface area contributed by atoms with E-state index >= 15 is 0 Å². The Morgan fingerprint density at radius 1 is 1.11 bits per heavy atom. The van der Waals surface area contributed by atoms with E-state index in [9.17, 15) is 4.79 Å². The van der Waals surface area contributed by atoms with Crippen molar-refractivity contribution in [2.75, 3.05) is 0 Å². The van der Waals surface area contributed by atoms with Crippen molar-refractivity contribution in [3.63, 3.8) is 0 Å². The van der Waals surface area contributed by atoms with Crippen molar-refractivity contribution < 1.29 is 4.79 Å². The molecular weight excluding hydrogens is 123 g/mol. The zero-order valence-corrected chi connectivity index (χ0v) is 5.10. The van der Waals surface area contributed by atoms with Gasteiger partial charge in [0, 0.05) is 5.92 Å². The minimum absolute atomic E-state index is 0. The number of rotatable bonds is 1. The van der Waals surface area contributed by atoms with E-state index in [0.29, 0.717) is 5.92 Å². The molecule has 48 valence electrons. The summed E-state index contributed by atoms with van der Waals surface area (Å²) < 4.78 is 0. The van der Waals surface area contributed by atoms with Gasteiger partial charge >= 0.3 is 29.6 Å². The summed E-state index contributed by atoms with van der Waals surface area (Å²) in [6, 6.07) is 0. The molecule has 0 N–H and O–H groups in total. The fourth-order valence-electron chi connectivity index (χ4n) is 1.27. The van der Waals surface area contributed by atoms with Crippen molar-refractivity contribution >= 4 is 35.8 Å². The van der Waals surface area contributed by atoms with Crippen molar-refractivity contribution in [3.05, 3.63) is 0 Å². The molecule has 1 nitrogen and oxygen atoms in total. The van der Waals surface area contributed by atoms with Crippen molar-refractivity contribution in [3.8, 4) is 0 Å². The monoisotopic (exact) mass is 136 g/mol. The molecule has 0 radical (unpaired) electrons. The summed E-state index contributed by atoms with van der Waals surface area (Å²) in [6.45, 7) is 0. The maximum atomic E-state index is 10.2. The van der Waals surface area contributed by atoms with Crippen LogP contribution in [-0.4, -0.2) is 35.8 Å². The Bertz CT molecular complexity index is 77.0. The van der Waals surface area contributed by atoms with E-state index in [0.717, 1.165) is 19.1 Å². The Balaban J connectivity index is 0.000000640. The number of hydrogen-bond acceptors (Lipinski definition) is 1. The number of aldehydes is 1. The van der Waals surface area contributed by atoms with Gasteiger partial charge in [-0.2, -0.15) is 0 Å². The SMILES string of the molecule is O=CC1CCCCC1.[NaH]. The first kappa shape index (κ1) is 9.67. The van der Waals surface area contributed by atoms with E-state index < -0.39 is 0 Å². The van der Waals surface area contributed by atoms with Crippen LogP contribution < -0.4 is 0 Å². The van der Waals surface area contributed by atoms with E-state index in [1.54, 1.807) is 0 Å². The van der Waals surface area contributed by atoms with Crippen molar-refractivity contribution in [1.29, 1.82) is 0 Å². The third kappa shape index (κ3) is 3.39. The summed E-state index contributed by atoms with van der Waals surface area (Å²) in [5.41, 5.74) is 0. The van der Waals surface area contributed by atoms with Gasteiger partial charge in [-0.1, -0.05) is 19.3 Å². The quantitative estimate of drug-likeness (QED) is 0.390. The fraction of sp³-hybridized carbons (Fsp3) is 0.857. The van der Waals surface area contributed by atoms with Crippen molar-refractivity contribution in [1.82, 2.24) is 0 Å². The molecule has 1 fully saturated rings. The molecule has 0 aromatic rings. The molecule has 2 heteroatoms. The second-order valence-electron chi connectivity index (χ2n) is 2.53. The van der Waals surface area contributed by atoms with Crippen LogP contribution in [0, 0.1) is 5.92 Å². The van der Waals surface area contributed by atoms with E-state index in [-0.39, 0.29) is 29.6 Å². The van der Waals surface area contributed by atoms with Gasteiger partial charge in [-0.3, -0.25) is 0 Å². The molecule has 0 saturated heterocycles. The molecule has 0 unspecified atom stereocenters. The average Bonchev–Trinajstić information content (AvgIpc) is 1.90. The van der Waals surface area contributed by atoms with E-state index in [2.05, 4.69) is 0 Å². The summed E-state index contributed by atoms with van der Waals surface area (Å²) in [4.78, 5) is 10.2. The molecule has 1 aliphatic rings. The van der Waals surface area contributed by atoms with Gasteiger partial charge in [0.2, 0.25) is 0 Å². The first-order valence-electron chi connectivity index (χ1n) is 3.39. The summed E-state index contributed by atoms with van der Waals surface area (Å²) in [5.74, 6) is 0.406. The van der Waals surface area contributed by atoms with Crippen LogP contribution in [0.3, 0.4) is 0 Å². The normalized spacial score (nSPS) is 20.4. The van der Waals surface area contributed by atoms with Gasteiger partial charge in [0.25, 0.3) is 0 Å². The van der Waals surface area contributed by atoms with Crippen LogP contribution in [0.15, 0.2) is 0 Å². The fourth-order valence-corrected chi connectivity index (χ4v) is 1.27. The number of hydrogen-bond donors (Lipinski definition) is 0. The molecule has 0 bridgehead atoms. The van der Waals surface area contributed by atoms with E-state index in [1.165, 1.54) is 19.3 Å². The Labute approximate surface area is 78.5 Å². The molecule has 0 aromatic carbocycles. The molecule has 9 heavy (non-hydrogen) atoms. The molecule has 1 saturated carbocycles. The van der Waals surface area contributed by atoms with Crippen LogP contribution in [0.2, 0.25) is 0 Å². The number of carbonyl (C=O) groups excluding carboxylic acids is 1. The van der Waals surface area contributed by atoms with Crippen LogP contribution >= 0.6 is 0 Å². The first-order valence-corrected chi connectivity index (χ1v) is 3.39. The summed E-state index contributed by atoms with van der Waals surface area (Å²) in [5, 5.41) is 0. The van der Waals surface area contributed by atoms with Crippen LogP contribution in [0.25, 0.3) is 0 Å². The van der Waals surface area contributed by atoms with Gasteiger partial charge in [0.15, 0.2) is 0 Å². The van der Waals surface area contributed by atoms with Gasteiger partial charge in [-0.05, 0) is 12.8 Å². The van der Waals surface area contributed by atoms with Gasteiger partial charge in [-0.25, -0.2) is 0 Å². The molecule has 0 atom stereocenters. The molecule has 1 aliphatic carbocycles. The van der Waals surface area contributed by atoms with Crippen molar-refractivity contribution in [2.24, 2.45) is 5.92 Å². The Morgan fingerprint density at radius 3 is 2.00 bits per heavy atom. The average molecular weight is 136 g/mol. The van der Waals surface area contributed by atoms with Gasteiger partial charge < -0.3 is 4.79 Å². The second-order valence-corrected chi connectivity index (χ2v) is 2.53. The number of carbonyl (C=O) groups is 1. The molecule has 0 heterocycles. The van der Waals surface area contributed by atoms with E-state index in [1.807, 2.05) is 0 Å². The first-order chi connectivity index (χ1) is 3.93. The van der Waals surface area contributed by atoms with Crippen LogP contribution in [-0.2, 0) is 4.79 Å².